The molecule has 2 N–H and O–H groups in total. The highest BCUT2D eigenvalue weighted by Gasteiger charge is 2.17. The first-order valence-corrected chi connectivity index (χ1v) is 7.88. The van der Waals surface area contributed by atoms with Gasteiger partial charge in [0.25, 0.3) is 0 Å². The summed E-state index contributed by atoms with van der Waals surface area (Å²) in [6.07, 6.45) is 0.988. The van der Waals surface area contributed by atoms with Crippen molar-refractivity contribution in [2.24, 2.45) is 0 Å². The largest absolute Gasteiger partial charge is 0.390 e. The van der Waals surface area contributed by atoms with Crippen molar-refractivity contribution in [1.82, 2.24) is 9.55 Å². The third-order valence-corrected chi connectivity index (χ3v) is 4.85. The van der Waals surface area contributed by atoms with Crippen LogP contribution in [0.1, 0.15) is 18.7 Å². The standard InChI is InChI=1S/C15H16ClN3S/c1-3-9-8-10(14(17)20-9)15-18-12-7-5-6-11(16)13(12)19(15)4-2/h5-8H,3-4,17H2,1-2H3. The number of aryl methyl sites for hydroxylation is 2. The van der Waals surface area contributed by atoms with Crippen molar-refractivity contribution in [1.29, 1.82) is 0 Å². The minimum atomic E-state index is 0.729. The van der Waals surface area contributed by atoms with Gasteiger partial charge in [0.15, 0.2) is 0 Å². The third-order valence-electron chi connectivity index (χ3n) is 3.43. The van der Waals surface area contributed by atoms with Crippen molar-refractivity contribution >= 4 is 39.0 Å². The number of nitrogens with two attached hydrogens (primary N) is 1. The van der Waals surface area contributed by atoms with Crippen molar-refractivity contribution < 1.29 is 0 Å². The molecule has 3 nitrogen and oxygen atoms in total. The third kappa shape index (κ3) is 2.00. The molecule has 104 valence electrons. The number of aromatic nitrogens is 2. The molecule has 0 aliphatic rings. The van der Waals surface area contributed by atoms with Gasteiger partial charge in [-0.1, -0.05) is 24.6 Å². The number of nitrogen functional groups attached to an aromatic ring is 1. The van der Waals surface area contributed by atoms with Crippen molar-refractivity contribution in [3.63, 3.8) is 0 Å². The van der Waals surface area contributed by atoms with Gasteiger partial charge in [-0.05, 0) is 31.5 Å². The Balaban J connectivity index is 2.30. The van der Waals surface area contributed by atoms with Crippen LogP contribution in [0.15, 0.2) is 24.3 Å². The van der Waals surface area contributed by atoms with Gasteiger partial charge in [-0.15, -0.1) is 11.3 Å². The summed E-state index contributed by atoms with van der Waals surface area (Å²) < 4.78 is 2.13. The second-order valence-corrected chi connectivity index (χ2v) is 6.21. The van der Waals surface area contributed by atoms with E-state index in [4.69, 9.17) is 22.3 Å². The van der Waals surface area contributed by atoms with E-state index < -0.39 is 0 Å². The van der Waals surface area contributed by atoms with E-state index in [9.17, 15) is 0 Å². The van der Waals surface area contributed by atoms with E-state index in [0.717, 1.165) is 45.4 Å². The molecule has 0 saturated heterocycles. The second kappa shape index (κ2) is 5.11. The number of benzene rings is 1. The van der Waals surface area contributed by atoms with E-state index in [1.807, 2.05) is 18.2 Å². The Labute approximate surface area is 127 Å². The normalized spacial score (nSPS) is 11.3. The van der Waals surface area contributed by atoms with Crippen molar-refractivity contribution in [2.75, 3.05) is 5.73 Å². The Morgan fingerprint density at radius 2 is 2.15 bits per heavy atom. The molecule has 0 amide bonds. The first-order valence-electron chi connectivity index (χ1n) is 6.69. The van der Waals surface area contributed by atoms with Crippen LogP contribution in [0, 0.1) is 0 Å². The van der Waals surface area contributed by atoms with Crippen LogP contribution in [-0.2, 0) is 13.0 Å². The molecule has 20 heavy (non-hydrogen) atoms. The molecule has 0 aliphatic carbocycles. The van der Waals surface area contributed by atoms with Crippen LogP contribution in [-0.4, -0.2) is 9.55 Å². The summed E-state index contributed by atoms with van der Waals surface area (Å²) in [5, 5.41) is 1.55. The number of fused-ring (bicyclic) bond motifs is 1. The van der Waals surface area contributed by atoms with E-state index in [-0.39, 0.29) is 0 Å². The molecule has 0 unspecified atom stereocenters. The van der Waals surface area contributed by atoms with Gasteiger partial charge in [0.05, 0.1) is 26.6 Å². The molecule has 3 rings (SSSR count). The summed E-state index contributed by atoms with van der Waals surface area (Å²) in [4.78, 5) is 6.00. The highest BCUT2D eigenvalue weighted by Crippen LogP contribution is 2.36. The summed E-state index contributed by atoms with van der Waals surface area (Å²) in [6.45, 7) is 5.04. The van der Waals surface area contributed by atoms with Crippen LogP contribution in [0.2, 0.25) is 5.02 Å². The van der Waals surface area contributed by atoms with E-state index in [1.54, 1.807) is 11.3 Å². The molecule has 2 heterocycles. The van der Waals surface area contributed by atoms with Gasteiger partial charge in [-0.25, -0.2) is 4.98 Å². The Morgan fingerprint density at radius 3 is 2.80 bits per heavy atom. The number of nitrogens with zero attached hydrogens (tertiary/aromatic N) is 2. The molecule has 5 heteroatoms. The maximum Gasteiger partial charge on any atom is 0.144 e. The number of anilines is 1. The fraction of sp³-hybridized carbons (Fsp3) is 0.267. The SMILES string of the molecule is CCc1cc(-c2nc3cccc(Cl)c3n2CC)c(N)s1. The lowest BCUT2D eigenvalue weighted by molar-refractivity contribution is 0.797. The van der Waals surface area contributed by atoms with Gasteiger partial charge >= 0.3 is 0 Å². The Hall–Kier alpha value is -1.52. The fourth-order valence-corrected chi connectivity index (χ4v) is 3.60. The topological polar surface area (TPSA) is 43.8 Å². The fourth-order valence-electron chi connectivity index (χ4n) is 2.46. The Morgan fingerprint density at radius 1 is 1.35 bits per heavy atom. The van der Waals surface area contributed by atoms with Crippen LogP contribution >= 0.6 is 22.9 Å². The highest BCUT2D eigenvalue weighted by atomic mass is 35.5. The van der Waals surface area contributed by atoms with Crippen LogP contribution in [0.25, 0.3) is 22.4 Å². The van der Waals surface area contributed by atoms with Crippen molar-refractivity contribution in [3.05, 3.63) is 34.2 Å². The predicted molar refractivity (Wildman–Crippen MR) is 87.5 cm³/mol. The van der Waals surface area contributed by atoms with E-state index >= 15 is 0 Å². The van der Waals surface area contributed by atoms with Gasteiger partial charge in [-0.3, -0.25) is 0 Å². The zero-order valence-electron chi connectivity index (χ0n) is 11.5. The van der Waals surface area contributed by atoms with Gasteiger partial charge in [0.2, 0.25) is 0 Å². The first kappa shape index (κ1) is 13.5. The van der Waals surface area contributed by atoms with Crippen molar-refractivity contribution in [3.8, 4) is 11.4 Å². The maximum absolute atomic E-state index is 6.32. The lowest BCUT2D eigenvalue weighted by Crippen LogP contribution is -1.98. The number of thiophene rings is 1. The van der Waals surface area contributed by atoms with Gasteiger partial charge in [-0.2, -0.15) is 0 Å². The van der Waals surface area contributed by atoms with Crippen LogP contribution in [0.5, 0.6) is 0 Å². The number of hydrogen-bond donors (Lipinski definition) is 1. The molecule has 0 radical (unpaired) electrons. The smallest absolute Gasteiger partial charge is 0.144 e. The average molecular weight is 306 g/mol. The molecule has 0 bridgehead atoms. The summed E-state index contributed by atoms with van der Waals surface area (Å²) >= 11 is 7.96. The van der Waals surface area contributed by atoms with Crippen molar-refractivity contribution in [2.45, 2.75) is 26.8 Å². The molecule has 3 aromatic rings. The van der Waals surface area contributed by atoms with Crippen LogP contribution < -0.4 is 5.73 Å². The number of imidazole rings is 1. The molecule has 0 saturated carbocycles. The minimum Gasteiger partial charge on any atom is -0.390 e. The average Bonchev–Trinajstić information content (AvgIpc) is 2.99. The summed E-state index contributed by atoms with van der Waals surface area (Å²) in [5.74, 6) is 0.907. The molecule has 0 spiro atoms. The summed E-state index contributed by atoms with van der Waals surface area (Å²) in [5.41, 5.74) is 9.08. The van der Waals surface area contributed by atoms with E-state index in [2.05, 4.69) is 24.5 Å². The Kier molecular flexibility index (Phi) is 3.44. The number of rotatable bonds is 3. The minimum absolute atomic E-state index is 0.729. The number of para-hydroxylation sites is 1. The molecule has 2 aromatic heterocycles. The monoisotopic (exact) mass is 305 g/mol. The first-order chi connectivity index (χ1) is 9.65. The van der Waals surface area contributed by atoms with Gasteiger partial charge in [0.1, 0.15) is 5.82 Å². The highest BCUT2D eigenvalue weighted by molar-refractivity contribution is 7.16. The molecule has 1 aromatic carbocycles. The predicted octanol–water partition coefficient (Wildman–Crippen LogP) is 4.58. The lowest BCUT2D eigenvalue weighted by atomic mass is 10.2. The zero-order valence-corrected chi connectivity index (χ0v) is 13.1. The quantitative estimate of drug-likeness (QED) is 0.769. The molecule has 0 fully saturated rings. The lowest BCUT2D eigenvalue weighted by Gasteiger charge is -2.06. The molecule has 0 atom stereocenters. The van der Waals surface area contributed by atoms with E-state index in [1.165, 1.54) is 4.88 Å². The molecule has 0 aliphatic heterocycles. The van der Waals surface area contributed by atoms with Gasteiger partial charge in [0, 0.05) is 11.4 Å². The number of hydrogen-bond acceptors (Lipinski definition) is 3. The molecular formula is C15H16ClN3S. The zero-order chi connectivity index (χ0) is 14.3. The van der Waals surface area contributed by atoms with Crippen LogP contribution in [0.3, 0.4) is 0 Å². The Bertz CT molecular complexity index is 773. The maximum atomic E-state index is 6.32. The second-order valence-electron chi connectivity index (χ2n) is 4.63. The molecular weight excluding hydrogens is 290 g/mol. The summed E-state index contributed by atoms with van der Waals surface area (Å²) in [6, 6.07) is 7.95. The number of halogens is 1. The van der Waals surface area contributed by atoms with Crippen LogP contribution in [0.4, 0.5) is 5.00 Å². The summed E-state index contributed by atoms with van der Waals surface area (Å²) in [7, 11) is 0. The van der Waals surface area contributed by atoms with E-state index in [0.29, 0.717) is 0 Å². The van der Waals surface area contributed by atoms with Gasteiger partial charge < -0.3 is 10.3 Å².